The molecule has 2 unspecified atom stereocenters. The minimum atomic E-state index is -1.26. The molecule has 1 fully saturated rings. The molecule has 2 aliphatic rings. The van der Waals surface area contributed by atoms with Gasteiger partial charge in [0.25, 0.3) is 5.91 Å². The third-order valence-electron chi connectivity index (χ3n) is 6.62. The first-order valence-electron chi connectivity index (χ1n) is 11.0. The van der Waals surface area contributed by atoms with Crippen LogP contribution in [-0.4, -0.2) is 23.4 Å². The van der Waals surface area contributed by atoms with E-state index in [1.165, 1.54) is 9.91 Å². The van der Waals surface area contributed by atoms with E-state index in [2.05, 4.69) is 21.0 Å². The zero-order chi connectivity index (χ0) is 23.9. The third kappa shape index (κ3) is 3.56. The number of amides is 3. The quantitative estimate of drug-likeness (QED) is 0.450. The summed E-state index contributed by atoms with van der Waals surface area (Å²) in [6.07, 6.45) is 0.228. The van der Waals surface area contributed by atoms with Gasteiger partial charge >= 0.3 is 0 Å². The number of halogens is 1. The molecule has 6 nitrogen and oxygen atoms in total. The summed E-state index contributed by atoms with van der Waals surface area (Å²) in [6, 6.07) is 25.7. The minimum Gasteiger partial charge on any atom is -0.274 e. The molecular weight excluding hydrogens is 494 g/mol. The van der Waals surface area contributed by atoms with Crippen LogP contribution in [0.4, 0.5) is 11.4 Å². The second-order valence-corrected chi connectivity index (χ2v) is 9.49. The number of carbonyl (C=O) groups is 3. The second kappa shape index (κ2) is 8.65. The van der Waals surface area contributed by atoms with E-state index in [9.17, 15) is 14.4 Å². The fraction of sp³-hybridized carbons (Fsp3) is 0.185. The van der Waals surface area contributed by atoms with E-state index in [0.29, 0.717) is 17.1 Å². The number of carbonyl (C=O) groups excluding carboxylic acids is 3. The normalized spacial score (nSPS) is 22.5. The van der Waals surface area contributed by atoms with Crippen molar-refractivity contribution in [2.45, 2.75) is 19.8 Å². The fourth-order valence-electron chi connectivity index (χ4n) is 4.90. The van der Waals surface area contributed by atoms with Gasteiger partial charge in [0.2, 0.25) is 11.8 Å². The highest BCUT2D eigenvalue weighted by Crippen LogP contribution is 2.47. The van der Waals surface area contributed by atoms with Gasteiger partial charge in [0.05, 0.1) is 23.0 Å². The van der Waals surface area contributed by atoms with Gasteiger partial charge in [-0.25, -0.2) is 0 Å². The molecule has 0 bridgehead atoms. The minimum absolute atomic E-state index is 0.0526. The maximum atomic E-state index is 14.1. The van der Waals surface area contributed by atoms with E-state index in [1.807, 2.05) is 60.7 Å². The lowest BCUT2D eigenvalue weighted by molar-refractivity contribution is -0.132. The van der Waals surface area contributed by atoms with Crippen LogP contribution >= 0.6 is 15.9 Å². The number of imide groups is 1. The Bertz CT molecular complexity index is 1290. The van der Waals surface area contributed by atoms with Gasteiger partial charge in [-0.2, -0.15) is 10.1 Å². The predicted octanol–water partition coefficient (Wildman–Crippen LogP) is 4.98. The maximum Gasteiger partial charge on any atom is 0.260 e. The molecule has 5 rings (SSSR count). The van der Waals surface area contributed by atoms with E-state index in [-0.39, 0.29) is 30.6 Å². The number of benzene rings is 3. The van der Waals surface area contributed by atoms with Crippen LogP contribution < -0.4 is 9.91 Å². The Morgan fingerprint density at radius 1 is 0.882 bits per heavy atom. The molecule has 0 radical (unpaired) electrons. The molecule has 0 spiro atoms. The molecule has 0 N–H and O–H groups in total. The number of nitrogens with zero attached hydrogens (tertiary/aromatic N) is 3. The molecule has 3 aromatic rings. The zero-order valence-corrected chi connectivity index (χ0v) is 20.1. The lowest BCUT2D eigenvalue weighted by Crippen LogP contribution is -2.49. The molecule has 34 heavy (non-hydrogen) atoms. The van der Waals surface area contributed by atoms with Gasteiger partial charge in [-0.1, -0.05) is 64.5 Å². The number of hydrazone groups is 1. The van der Waals surface area contributed by atoms with Gasteiger partial charge in [0.1, 0.15) is 5.41 Å². The molecular formula is C27H22BrN3O3. The average Bonchev–Trinajstić information content (AvgIpc) is 3.29. The Morgan fingerprint density at radius 3 is 2.15 bits per heavy atom. The highest BCUT2D eigenvalue weighted by atomic mass is 79.9. The van der Waals surface area contributed by atoms with Crippen LogP contribution in [0.2, 0.25) is 0 Å². The molecule has 7 heteroatoms. The summed E-state index contributed by atoms with van der Waals surface area (Å²) < 4.78 is 0.847. The van der Waals surface area contributed by atoms with Crippen LogP contribution in [0.5, 0.6) is 0 Å². The van der Waals surface area contributed by atoms with E-state index in [4.69, 9.17) is 0 Å². The van der Waals surface area contributed by atoms with Crippen molar-refractivity contribution in [1.82, 2.24) is 0 Å². The summed E-state index contributed by atoms with van der Waals surface area (Å²) in [5.74, 6) is -1.83. The molecule has 2 heterocycles. The van der Waals surface area contributed by atoms with Crippen LogP contribution in [0.15, 0.2) is 94.5 Å². The number of anilines is 2. The fourth-order valence-corrected chi connectivity index (χ4v) is 5.16. The smallest absolute Gasteiger partial charge is 0.260 e. The van der Waals surface area contributed by atoms with Crippen LogP contribution in [0.3, 0.4) is 0 Å². The van der Waals surface area contributed by atoms with Crippen molar-refractivity contribution in [3.8, 4) is 0 Å². The Kier molecular flexibility index (Phi) is 5.65. The number of rotatable bonds is 5. The number of hydrogen-bond acceptors (Lipinski definition) is 4. The van der Waals surface area contributed by atoms with Crippen molar-refractivity contribution in [1.29, 1.82) is 0 Å². The number of para-hydroxylation sites is 1. The summed E-state index contributed by atoms with van der Waals surface area (Å²) >= 11 is 3.39. The molecule has 2 aliphatic heterocycles. The Morgan fingerprint density at radius 2 is 1.50 bits per heavy atom. The standard InChI is InChI=1S/C27H22BrN3O3/c1-18-27(17-19-8-4-2-5-9-19,26(34)31(29-18)22-10-6-3-7-11-22)23-16-24(32)30(25(23)33)21-14-12-20(28)13-15-21/h2-15,23H,16-17H2,1H3. The highest BCUT2D eigenvalue weighted by molar-refractivity contribution is 9.10. The lowest BCUT2D eigenvalue weighted by atomic mass is 9.67. The molecule has 3 aromatic carbocycles. The van der Waals surface area contributed by atoms with E-state index in [1.54, 1.807) is 31.2 Å². The topological polar surface area (TPSA) is 70.1 Å². The summed E-state index contributed by atoms with van der Waals surface area (Å²) in [4.78, 5) is 42.2. The summed E-state index contributed by atoms with van der Waals surface area (Å²) in [6.45, 7) is 1.78. The first kappa shape index (κ1) is 22.2. The SMILES string of the molecule is CC1=NN(c2ccccc2)C(=O)C1(Cc1ccccc1)C1CC(=O)N(c2ccc(Br)cc2)C1=O. The molecule has 3 amide bonds. The van der Waals surface area contributed by atoms with Crippen LogP contribution in [0.25, 0.3) is 0 Å². The Balaban J connectivity index is 1.59. The second-order valence-electron chi connectivity index (χ2n) is 8.57. The summed E-state index contributed by atoms with van der Waals surface area (Å²) in [5, 5.41) is 5.99. The maximum absolute atomic E-state index is 14.1. The van der Waals surface area contributed by atoms with Crippen molar-refractivity contribution in [2.24, 2.45) is 16.4 Å². The first-order valence-corrected chi connectivity index (χ1v) is 11.8. The first-order chi connectivity index (χ1) is 16.4. The van der Waals surface area contributed by atoms with E-state index >= 15 is 0 Å². The Hall–Kier alpha value is -3.58. The van der Waals surface area contributed by atoms with Gasteiger partial charge in [-0.15, -0.1) is 0 Å². The Labute approximate surface area is 206 Å². The molecule has 1 saturated heterocycles. The van der Waals surface area contributed by atoms with E-state index < -0.39 is 11.3 Å². The van der Waals surface area contributed by atoms with Crippen molar-refractivity contribution >= 4 is 50.7 Å². The zero-order valence-electron chi connectivity index (χ0n) is 18.5. The van der Waals surface area contributed by atoms with Crippen LogP contribution in [-0.2, 0) is 20.8 Å². The molecule has 0 aliphatic carbocycles. The van der Waals surface area contributed by atoms with Gasteiger partial charge in [0, 0.05) is 10.9 Å². The van der Waals surface area contributed by atoms with Gasteiger partial charge in [-0.3, -0.25) is 19.3 Å². The van der Waals surface area contributed by atoms with Crippen LogP contribution in [0.1, 0.15) is 18.9 Å². The van der Waals surface area contributed by atoms with Crippen molar-refractivity contribution in [3.05, 3.63) is 95.0 Å². The monoisotopic (exact) mass is 515 g/mol. The predicted molar refractivity (Wildman–Crippen MR) is 134 cm³/mol. The van der Waals surface area contributed by atoms with Gasteiger partial charge in [0.15, 0.2) is 0 Å². The highest BCUT2D eigenvalue weighted by Gasteiger charge is 2.61. The summed E-state index contributed by atoms with van der Waals surface area (Å²) in [5.41, 5.74) is 1.31. The van der Waals surface area contributed by atoms with Crippen molar-refractivity contribution in [2.75, 3.05) is 9.91 Å². The molecule has 2 atom stereocenters. The largest absolute Gasteiger partial charge is 0.274 e. The van der Waals surface area contributed by atoms with Crippen molar-refractivity contribution in [3.63, 3.8) is 0 Å². The van der Waals surface area contributed by atoms with Crippen LogP contribution in [0, 0.1) is 11.3 Å². The molecule has 0 saturated carbocycles. The summed E-state index contributed by atoms with van der Waals surface area (Å²) in [7, 11) is 0. The lowest BCUT2D eigenvalue weighted by Gasteiger charge is -2.33. The molecule has 0 aromatic heterocycles. The van der Waals surface area contributed by atoms with Crippen molar-refractivity contribution < 1.29 is 14.4 Å². The van der Waals surface area contributed by atoms with Gasteiger partial charge < -0.3 is 0 Å². The third-order valence-corrected chi connectivity index (χ3v) is 7.15. The van der Waals surface area contributed by atoms with Gasteiger partial charge in [-0.05, 0) is 55.3 Å². The number of hydrogen-bond donors (Lipinski definition) is 0. The van der Waals surface area contributed by atoms with E-state index in [0.717, 1.165) is 10.0 Å². The molecule has 170 valence electrons. The average molecular weight is 516 g/mol.